The molecule has 0 radical (unpaired) electrons. The number of aromatic nitrogens is 2. The maximum atomic E-state index is 9.93. The van der Waals surface area contributed by atoms with E-state index in [-0.39, 0.29) is 6.10 Å². The van der Waals surface area contributed by atoms with E-state index in [4.69, 9.17) is 0 Å². The highest BCUT2D eigenvalue weighted by molar-refractivity contribution is 9.10. The zero-order valence-corrected chi connectivity index (χ0v) is 11.6. The summed E-state index contributed by atoms with van der Waals surface area (Å²) in [5.41, 5.74) is 0. The molecule has 5 heteroatoms. The highest BCUT2D eigenvalue weighted by Gasteiger charge is 2.24. The lowest BCUT2D eigenvalue weighted by atomic mass is 9.86. The Hall–Kier alpha value is -0.680. The summed E-state index contributed by atoms with van der Waals surface area (Å²) >= 11 is 3.32. The molecule has 0 bridgehead atoms. The third-order valence-corrected chi connectivity index (χ3v) is 3.73. The van der Waals surface area contributed by atoms with Crippen molar-refractivity contribution < 1.29 is 5.11 Å². The van der Waals surface area contributed by atoms with Crippen LogP contribution in [0.5, 0.6) is 0 Å². The Morgan fingerprint density at radius 1 is 1.35 bits per heavy atom. The normalized spacial score (nSPS) is 24.6. The highest BCUT2D eigenvalue weighted by Crippen LogP contribution is 2.25. The number of anilines is 1. The van der Waals surface area contributed by atoms with Crippen molar-refractivity contribution in [2.45, 2.75) is 31.8 Å². The third-order valence-electron chi connectivity index (χ3n) is 3.33. The number of aliphatic hydroxyl groups is 1. The number of halogens is 1. The minimum atomic E-state index is -0.165. The van der Waals surface area contributed by atoms with Crippen molar-refractivity contribution in [2.24, 2.45) is 5.92 Å². The summed E-state index contributed by atoms with van der Waals surface area (Å²) in [7, 11) is 1.98. The molecule has 1 aliphatic rings. The van der Waals surface area contributed by atoms with E-state index >= 15 is 0 Å². The summed E-state index contributed by atoms with van der Waals surface area (Å²) in [5.74, 6) is 1.06. The van der Waals surface area contributed by atoms with Crippen LogP contribution in [0.25, 0.3) is 0 Å². The topological polar surface area (TPSA) is 49.2 Å². The van der Waals surface area contributed by atoms with E-state index in [9.17, 15) is 5.11 Å². The van der Waals surface area contributed by atoms with Gasteiger partial charge in [-0.15, -0.1) is 0 Å². The first-order chi connectivity index (χ1) is 8.16. The summed E-state index contributed by atoms with van der Waals surface area (Å²) < 4.78 is 0.882. The Morgan fingerprint density at radius 3 is 2.65 bits per heavy atom. The second-order valence-electron chi connectivity index (χ2n) is 4.69. The molecule has 0 saturated heterocycles. The maximum absolute atomic E-state index is 9.93. The summed E-state index contributed by atoms with van der Waals surface area (Å²) in [6, 6.07) is 0. The van der Waals surface area contributed by atoms with E-state index in [2.05, 4.69) is 25.9 Å². The molecule has 1 aromatic rings. The van der Waals surface area contributed by atoms with Gasteiger partial charge in [0.2, 0.25) is 5.95 Å². The van der Waals surface area contributed by atoms with Gasteiger partial charge in [-0.25, -0.2) is 9.97 Å². The van der Waals surface area contributed by atoms with Crippen molar-refractivity contribution >= 4 is 21.9 Å². The van der Waals surface area contributed by atoms with Gasteiger partial charge in [0, 0.05) is 31.9 Å². The van der Waals surface area contributed by atoms with E-state index in [0.29, 0.717) is 11.9 Å². The van der Waals surface area contributed by atoms with E-state index in [0.717, 1.165) is 30.3 Å². The summed E-state index contributed by atoms with van der Waals surface area (Å²) in [4.78, 5) is 10.5. The van der Waals surface area contributed by atoms with Gasteiger partial charge in [-0.05, 0) is 28.8 Å². The molecule has 17 heavy (non-hydrogen) atoms. The molecule has 1 saturated carbocycles. The van der Waals surface area contributed by atoms with Crippen LogP contribution in [0.4, 0.5) is 5.95 Å². The lowest BCUT2D eigenvalue weighted by molar-refractivity contribution is 0.0735. The van der Waals surface area contributed by atoms with Crippen LogP contribution in [-0.4, -0.2) is 34.8 Å². The Morgan fingerprint density at radius 2 is 2.00 bits per heavy atom. The number of nitrogens with zero attached hydrogens (tertiary/aromatic N) is 3. The number of rotatable bonds is 3. The molecule has 0 unspecified atom stereocenters. The van der Waals surface area contributed by atoms with Crippen molar-refractivity contribution in [2.75, 3.05) is 18.5 Å². The first-order valence-electron chi connectivity index (χ1n) is 6.03. The minimum absolute atomic E-state index is 0.165. The SMILES string of the molecule is CN(C[C@@H]1CCCC[C@@H]1O)c1ncc(Br)cn1. The van der Waals surface area contributed by atoms with Crippen LogP contribution in [0.3, 0.4) is 0 Å². The average molecular weight is 300 g/mol. The lowest BCUT2D eigenvalue weighted by Gasteiger charge is -2.31. The second kappa shape index (κ2) is 5.78. The smallest absolute Gasteiger partial charge is 0.225 e. The molecule has 0 amide bonds. The molecule has 94 valence electrons. The molecule has 1 heterocycles. The molecule has 2 rings (SSSR count). The highest BCUT2D eigenvalue weighted by atomic mass is 79.9. The molecule has 1 aliphatic carbocycles. The summed E-state index contributed by atoms with van der Waals surface area (Å²) in [6.45, 7) is 0.822. The molecule has 4 nitrogen and oxygen atoms in total. The molecular formula is C12H18BrN3O. The van der Waals surface area contributed by atoms with Gasteiger partial charge in [-0.1, -0.05) is 12.8 Å². The Kier molecular flexibility index (Phi) is 4.34. The van der Waals surface area contributed by atoms with Crippen LogP contribution in [0.15, 0.2) is 16.9 Å². The van der Waals surface area contributed by atoms with Crippen molar-refractivity contribution in [3.05, 3.63) is 16.9 Å². The Balaban J connectivity index is 1.95. The van der Waals surface area contributed by atoms with E-state index in [1.807, 2.05) is 11.9 Å². The van der Waals surface area contributed by atoms with Gasteiger partial charge in [-0.2, -0.15) is 0 Å². The van der Waals surface area contributed by atoms with Crippen LogP contribution in [0.1, 0.15) is 25.7 Å². The van der Waals surface area contributed by atoms with Crippen LogP contribution >= 0.6 is 15.9 Å². The second-order valence-corrected chi connectivity index (χ2v) is 5.61. The van der Waals surface area contributed by atoms with E-state index in [1.54, 1.807) is 12.4 Å². The molecule has 0 aromatic carbocycles. The number of aliphatic hydroxyl groups excluding tert-OH is 1. The first kappa shape index (κ1) is 12.8. The Bertz CT molecular complexity index is 357. The first-order valence-corrected chi connectivity index (χ1v) is 6.83. The quantitative estimate of drug-likeness (QED) is 0.930. The average Bonchev–Trinajstić information content (AvgIpc) is 2.33. The van der Waals surface area contributed by atoms with Gasteiger partial charge in [0.05, 0.1) is 10.6 Å². The van der Waals surface area contributed by atoms with Crippen LogP contribution in [-0.2, 0) is 0 Å². The van der Waals surface area contributed by atoms with Crippen molar-refractivity contribution in [3.63, 3.8) is 0 Å². The zero-order valence-electron chi connectivity index (χ0n) is 10.0. The number of hydrogen-bond acceptors (Lipinski definition) is 4. The van der Waals surface area contributed by atoms with Crippen molar-refractivity contribution in [3.8, 4) is 0 Å². The molecular weight excluding hydrogens is 282 g/mol. The standard InChI is InChI=1S/C12H18BrN3O/c1-16(12-14-6-10(13)7-15-12)8-9-4-2-3-5-11(9)17/h6-7,9,11,17H,2-5,8H2,1H3/t9-,11-/m0/s1. The fraction of sp³-hybridized carbons (Fsp3) is 0.667. The predicted molar refractivity (Wildman–Crippen MR) is 71.0 cm³/mol. The van der Waals surface area contributed by atoms with Gasteiger partial charge < -0.3 is 10.0 Å². The largest absolute Gasteiger partial charge is 0.393 e. The Labute approximate surface area is 110 Å². The van der Waals surface area contributed by atoms with Crippen molar-refractivity contribution in [1.82, 2.24) is 9.97 Å². The molecule has 2 atom stereocenters. The number of hydrogen-bond donors (Lipinski definition) is 1. The zero-order chi connectivity index (χ0) is 12.3. The van der Waals surface area contributed by atoms with Gasteiger partial charge in [0.15, 0.2) is 0 Å². The lowest BCUT2D eigenvalue weighted by Crippen LogP contribution is -2.35. The van der Waals surface area contributed by atoms with Crippen molar-refractivity contribution in [1.29, 1.82) is 0 Å². The van der Waals surface area contributed by atoms with Gasteiger partial charge >= 0.3 is 0 Å². The fourth-order valence-electron chi connectivity index (χ4n) is 2.34. The summed E-state index contributed by atoms with van der Waals surface area (Å²) in [6.07, 6.45) is 7.72. The molecule has 1 aromatic heterocycles. The third kappa shape index (κ3) is 3.39. The van der Waals surface area contributed by atoms with Crippen LogP contribution in [0, 0.1) is 5.92 Å². The van der Waals surface area contributed by atoms with Crippen LogP contribution < -0.4 is 4.90 Å². The summed E-state index contributed by atoms with van der Waals surface area (Å²) in [5, 5.41) is 9.93. The maximum Gasteiger partial charge on any atom is 0.225 e. The van der Waals surface area contributed by atoms with Gasteiger partial charge in [0.25, 0.3) is 0 Å². The van der Waals surface area contributed by atoms with Crippen LogP contribution in [0.2, 0.25) is 0 Å². The fourth-order valence-corrected chi connectivity index (χ4v) is 2.54. The molecule has 0 spiro atoms. The van der Waals surface area contributed by atoms with E-state index < -0.39 is 0 Å². The molecule has 0 aliphatic heterocycles. The van der Waals surface area contributed by atoms with Gasteiger partial charge in [0.1, 0.15) is 0 Å². The van der Waals surface area contributed by atoms with Gasteiger partial charge in [-0.3, -0.25) is 0 Å². The molecule has 1 fully saturated rings. The molecule has 1 N–H and O–H groups in total. The van der Waals surface area contributed by atoms with E-state index in [1.165, 1.54) is 6.42 Å². The monoisotopic (exact) mass is 299 g/mol. The minimum Gasteiger partial charge on any atom is -0.393 e. The predicted octanol–water partition coefficient (Wildman–Crippen LogP) is 2.23.